The standard InChI is InChI=1S/C14H20N2O2/c1-3-4-5-10-14(18)16-15-11(2)12-8-6-7-9-13(12)17/h6-9,17H,3-5,10H2,1-2H3,(H,16,18). The van der Waals surface area contributed by atoms with Crippen LogP contribution in [0.25, 0.3) is 0 Å². The van der Waals surface area contributed by atoms with Crippen molar-refractivity contribution in [2.24, 2.45) is 5.10 Å². The van der Waals surface area contributed by atoms with Crippen LogP contribution in [0, 0.1) is 0 Å². The lowest BCUT2D eigenvalue weighted by atomic mass is 10.1. The smallest absolute Gasteiger partial charge is 0.240 e. The summed E-state index contributed by atoms with van der Waals surface area (Å²) in [6.45, 7) is 3.85. The number of hydrazone groups is 1. The van der Waals surface area contributed by atoms with Gasteiger partial charge in [0.25, 0.3) is 0 Å². The van der Waals surface area contributed by atoms with Gasteiger partial charge in [-0.2, -0.15) is 5.10 Å². The van der Waals surface area contributed by atoms with Crippen LogP contribution in [0.5, 0.6) is 5.75 Å². The molecule has 0 aliphatic heterocycles. The van der Waals surface area contributed by atoms with Crippen molar-refractivity contribution in [2.75, 3.05) is 0 Å². The third kappa shape index (κ3) is 4.57. The first-order valence-corrected chi connectivity index (χ1v) is 6.26. The van der Waals surface area contributed by atoms with Crippen molar-refractivity contribution >= 4 is 11.6 Å². The van der Waals surface area contributed by atoms with Crippen LogP contribution in [0.1, 0.15) is 45.1 Å². The number of phenols is 1. The first-order valence-electron chi connectivity index (χ1n) is 6.26. The van der Waals surface area contributed by atoms with E-state index in [2.05, 4.69) is 17.5 Å². The van der Waals surface area contributed by atoms with Crippen molar-refractivity contribution in [1.82, 2.24) is 5.43 Å². The van der Waals surface area contributed by atoms with Gasteiger partial charge in [0.15, 0.2) is 0 Å². The maximum absolute atomic E-state index is 11.5. The minimum absolute atomic E-state index is 0.0850. The van der Waals surface area contributed by atoms with Crippen LogP contribution in [-0.2, 0) is 4.79 Å². The summed E-state index contributed by atoms with van der Waals surface area (Å²) in [5.74, 6) is 0.0807. The van der Waals surface area contributed by atoms with Gasteiger partial charge in [0.1, 0.15) is 5.75 Å². The van der Waals surface area contributed by atoms with Crippen LogP contribution < -0.4 is 5.43 Å². The van der Waals surface area contributed by atoms with Gasteiger partial charge in [0.2, 0.25) is 5.91 Å². The van der Waals surface area contributed by atoms with Gasteiger partial charge in [0, 0.05) is 12.0 Å². The molecular formula is C14H20N2O2. The zero-order valence-electron chi connectivity index (χ0n) is 10.9. The summed E-state index contributed by atoms with van der Waals surface area (Å²) in [7, 11) is 0. The Morgan fingerprint density at radius 2 is 2.06 bits per heavy atom. The second-order valence-corrected chi connectivity index (χ2v) is 4.21. The van der Waals surface area contributed by atoms with Gasteiger partial charge in [-0.05, 0) is 25.5 Å². The Hall–Kier alpha value is -1.84. The molecule has 0 aliphatic rings. The van der Waals surface area contributed by atoms with Gasteiger partial charge in [-0.15, -0.1) is 0 Å². The molecule has 0 heterocycles. The zero-order chi connectivity index (χ0) is 13.4. The Kier molecular flexibility index (Phi) is 5.91. The van der Waals surface area contributed by atoms with E-state index in [4.69, 9.17) is 0 Å². The average Bonchev–Trinajstić information content (AvgIpc) is 2.37. The van der Waals surface area contributed by atoms with Crippen LogP contribution >= 0.6 is 0 Å². The minimum atomic E-state index is -0.0850. The summed E-state index contributed by atoms with van der Waals surface area (Å²) in [4.78, 5) is 11.5. The number of carbonyl (C=O) groups is 1. The first-order chi connectivity index (χ1) is 8.65. The fourth-order valence-corrected chi connectivity index (χ4v) is 1.58. The number of hydrogen-bond donors (Lipinski definition) is 2. The van der Waals surface area contributed by atoms with Gasteiger partial charge < -0.3 is 5.11 Å². The molecule has 0 saturated carbocycles. The average molecular weight is 248 g/mol. The fraction of sp³-hybridized carbons (Fsp3) is 0.429. The van der Waals surface area contributed by atoms with Gasteiger partial charge in [0.05, 0.1) is 5.71 Å². The molecule has 0 aliphatic carbocycles. The third-order valence-electron chi connectivity index (χ3n) is 2.65. The second kappa shape index (κ2) is 7.48. The molecule has 0 unspecified atom stereocenters. The van der Waals surface area contributed by atoms with Crippen molar-refractivity contribution in [3.05, 3.63) is 29.8 Å². The highest BCUT2D eigenvalue weighted by Crippen LogP contribution is 2.16. The molecule has 98 valence electrons. The van der Waals surface area contributed by atoms with E-state index in [1.54, 1.807) is 25.1 Å². The molecule has 4 heteroatoms. The van der Waals surface area contributed by atoms with Crippen molar-refractivity contribution in [3.8, 4) is 5.75 Å². The molecule has 0 fully saturated rings. The van der Waals surface area contributed by atoms with Crippen molar-refractivity contribution in [3.63, 3.8) is 0 Å². The van der Waals surface area contributed by atoms with Gasteiger partial charge in [-0.3, -0.25) is 4.79 Å². The lowest BCUT2D eigenvalue weighted by Crippen LogP contribution is -2.18. The molecule has 18 heavy (non-hydrogen) atoms. The predicted octanol–water partition coefficient (Wildman–Crippen LogP) is 2.81. The summed E-state index contributed by atoms with van der Waals surface area (Å²) >= 11 is 0. The Morgan fingerprint density at radius 3 is 2.72 bits per heavy atom. The molecule has 0 spiro atoms. The Labute approximate surface area is 108 Å². The van der Waals surface area contributed by atoms with E-state index in [0.717, 1.165) is 19.3 Å². The summed E-state index contributed by atoms with van der Waals surface area (Å²) in [6.07, 6.45) is 3.52. The predicted molar refractivity (Wildman–Crippen MR) is 72.6 cm³/mol. The van der Waals surface area contributed by atoms with E-state index in [0.29, 0.717) is 17.7 Å². The summed E-state index contributed by atoms with van der Waals surface area (Å²) in [5, 5.41) is 13.6. The molecule has 1 rings (SSSR count). The molecule has 0 aromatic heterocycles. The molecular weight excluding hydrogens is 228 g/mol. The SMILES string of the molecule is CCCCCC(=O)NN=C(C)c1ccccc1O. The van der Waals surface area contributed by atoms with Gasteiger partial charge >= 0.3 is 0 Å². The van der Waals surface area contributed by atoms with Gasteiger partial charge in [-0.25, -0.2) is 5.43 Å². The van der Waals surface area contributed by atoms with Crippen molar-refractivity contribution in [1.29, 1.82) is 0 Å². The monoisotopic (exact) mass is 248 g/mol. The third-order valence-corrected chi connectivity index (χ3v) is 2.65. The largest absolute Gasteiger partial charge is 0.507 e. The minimum Gasteiger partial charge on any atom is -0.507 e. The normalized spacial score (nSPS) is 11.3. The number of amides is 1. The highest BCUT2D eigenvalue weighted by Gasteiger charge is 2.04. The number of aromatic hydroxyl groups is 1. The number of carbonyl (C=O) groups excluding carboxylic acids is 1. The Bertz CT molecular complexity index is 428. The van der Waals surface area contributed by atoms with E-state index in [-0.39, 0.29) is 11.7 Å². The number of nitrogens with zero attached hydrogens (tertiary/aromatic N) is 1. The molecule has 1 aromatic carbocycles. The molecule has 0 radical (unpaired) electrons. The van der Waals surface area contributed by atoms with E-state index >= 15 is 0 Å². The highest BCUT2D eigenvalue weighted by molar-refractivity contribution is 6.01. The topological polar surface area (TPSA) is 61.7 Å². The van der Waals surface area contributed by atoms with E-state index in [1.807, 2.05) is 6.07 Å². The number of benzene rings is 1. The lowest BCUT2D eigenvalue weighted by Gasteiger charge is -2.04. The number of unbranched alkanes of at least 4 members (excludes halogenated alkanes) is 2. The Balaban J connectivity index is 2.52. The molecule has 0 atom stereocenters. The zero-order valence-corrected chi connectivity index (χ0v) is 10.9. The van der Waals surface area contributed by atoms with Crippen LogP contribution in [0.4, 0.5) is 0 Å². The molecule has 4 nitrogen and oxygen atoms in total. The molecule has 0 bridgehead atoms. The highest BCUT2D eigenvalue weighted by atomic mass is 16.3. The maximum atomic E-state index is 11.5. The molecule has 1 aromatic rings. The van der Waals surface area contributed by atoms with Crippen molar-refractivity contribution < 1.29 is 9.90 Å². The molecule has 0 saturated heterocycles. The summed E-state index contributed by atoms with van der Waals surface area (Å²) < 4.78 is 0. The number of nitrogens with one attached hydrogen (secondary N) is 1. The van der Waals surface area contributed by atoms with E-state index < -0.39 is 0 Å². The Morgan fingerprint density at radius 1 is 1.33 bits per heavy atom. The number of rotatable bonds is 6. The number of phenolic OH excluding ortho intramolecular Hbond substituents is 1. The fourth-order valence-electron chi connectivity index (χ4n) is 1.58. The van der Waals surface area contributed by atoms with E-state index in [9.17, 15) is 9.90 Å². The van der Waals surface area contributed by atoms with Crippen LogP contribution in [-0.4, -0.2) is 16.7 Å². The molecule has 1 amide bonds. The maximum Gasteiger partial charge on any atom is 0.240 e. The van der Waals surface area contributed by atoms with Gasteiger partial charge in [-0.1, -0.05) is 31.9 Å². The lowest BCUT2D eigenvalue weighted by molar-refractivity contribution is -0.121. The molecule has 2 N–H and O–H groups in total. The quantitative estimate of drug-likeness (QED) is 0.462. The van der Waals surface area contributed by atoms with Crippen LogP contribution in [0.2, 0.25) is 0 Å². The number of hydrogen-bond acceptors (Lipinski definition) is 3. The summed E-state index contributed by atoms with van der Waals surface area (Å²) in [6, 6.07) is 6.92. The van der Waals surface area contributed by atoms with Crippen LogP contribution in [0.3, 0.4) is 0 Å². The van der Waals surface area contributed by atoms with E-state index in [1.165, 1.54) is 0 Å². The summed E-state index contributed by atoms with van der Waals surface area (Å²) in [5.41, 5.74) is 3.73. The second-order valence-electron chi connectivity index (χ2n) is 4.21. The van der Waals surface area contributed by atoms with Crippen LogP contribution in [0.15, 0.2) is 29.4 Å². The van der Waals surface area contributed by atoms with Crippen molar-refractivity contribution in [2.45, 2.75) is 39.5 Å². The number of para-hydroxylation sites is 1. The first kappa shape index (κ1) is 14.2.